The Hall–Kier alpha value is -1.52. The average Bonchev–Trinajstić information content (AvgIpc) is 2.84. The van der Waals surface area contributed by atoms with Crippen LogP contribution in [0.4, 0.5) is 0 Å². The molecule has 3 unspecified atom stereocenters. The number of carbonyl (C=O) groups is 3. The summed E-state index contributed by atoms with van der Waals surface area (Å²) in [6.45, 7) is 1.42. The van der Waals surface area contributed by atoms with Crippen LogP contribution in [0.5, 0.6) is 0 Å². The molecule has 218 valence electrons. The first kappa shape index (κ1) is 35.5. The zero-order chi connectivity index (χ0) is 27.9. The molecule has 37 heavy (non-hydrogen) atoms. The molecule has 4 N–H and O–H groups in total. The van der Waals surface area contributed by atoms with Crippen LogP contribution in [0.25, 0.3) is 0 Å². The minimum absolute atomic E-state index is 0.229. The molecule has 0 saturated heterocycles. The lowest BCUT2D eigenvalue weighted by atomic mass is 10.0. The van der Waals surface area contributed by atoms with Crippen LogP contribution in [-0.4, -0.2) is 64.9 Å². The van der Waals surface area contributed by atoms with Crippen molar-refractivity contribution in [3.05, 3.63) is 0 Å². The van der Waals surface area contributed by atoms with Gasteiger partial charge in [-0.1, -0.05) is 90.4 Å². The number of unbranched alkanes of at least 4 members (excludes halogenated alkanes) is 13. The number of hydrogen-bond donors (Lipinski definition) is 4. The van der Waals surface area contributed by atoms with Gasteiger partial charge in [-0.3, -0.25) is 18.6 Å². The minimum Gasteiger partial charge on any atom is -0.480 e. The Balaban J connectivity index is 3.74. The van der Waals surface area contributed by atoms with Crippen LogP contribution < -0.4 is 5.32 Å². The molecule has 0 aliphatic carbocycles. The van der Waals surface area contributed by atoms with Gasteiger partial charge in [-0.05, 0) is 6.42 Å². The molecule has 0 bridgehead atoms. The molecule has 0 aromatic heterocycles. The second-order valence-corrected chi connectivity index (χ2v) is 10.8. The molecule has 0 radical (unpaired) electrons. The Morgan fingerprint density at radius 2 is 1.24 bits per heavy atom. The molecule has 3 atom stereocenters. The number of phosphoric ester groups is 1. The van der Waals surface area contributed by atoms with Crippen LogP contribution in [-0.2, 0) is 32.7 Å². The Kier molecular flexibility index (Phi) is 21.5. The van der Waals surface area contributed by atoms with E-state index in [4.69, 9.17) is 9.84 Å². The number of ether oxygens (including phenoxy) is 1. The Morgan fingerprint density at radius 3 is 1.70 bits per heavy atom. The summed E-state index contributed by atoms with van der Waals surface area (Å²) in [4.78, 5) is 43.3. The van der Waals surface area contributed by atoms with Crippen molar-refractivity contribution in [3.63, 3.8) is 0 Å². The number of aliphatic hydroxyl groups excluding tert-OH is 1. The summed E-state index contributed by atoms with van der Waals surface area (Å²) in [5.41, 5.74) is 0. The van der Waals surface area contributed by atoms with Crippen LogP contribution in [0, 0.1) is 0 Å². The molecule has 0 rings (SSSR count). The molecular formula is C25H48NO10P. The number of phosphoric acid groups is 1. The summed E-state index contributed by atoms with van der Waals surface area (Å²) in [5, 5.41) is 20.8. The number of hydrogen-bond acceptors (Lipinski definition) is 8. The minimum atomic E-state index is -4.69. The molecule has 0 fully saturated rings. The van der Waals surface area contributed by atoms with E-state index in [1.54, 1.807) is 0 Å². The topological polar surface area (TPSA) is 169 Å². The molecule has 0 aliphatic heterocycles. The predicted octanol–water partition coefficient (Wildman–Crippen LogP) is 4.48. The number of amides is 1. The highest BCUT2D eigenvalue weighted by atomic mass is 31.2. The third-order valence-corrected chi connectivity index (χ3v) is 6.63. The van der Waals surface area contributed by atoms with Crippen molar-refractivity contribution in [3.8, 4) is 0 Å². The van der Waals surface area contributed by atoms with E-state index in [9.17, 15) is 28.9 Å². The number of carboxylic acid groups (broad SMARTS) is 1. The summed E-state index contributed by atoms with van der Waals surface area (Å²) in [7, 11) is -4.69. The third kappa shape index (κ3) is 23.3. The summed E-state index contributed by atoms with van der Waals surface area (Å²) in [6.07, 6.45) is 15.9. The molecule has 0 aromatic carbocycles. The van der Waals surface area contributed by atoms with E-state index >= 15 is 0 Å². The quantitative estimate of drug-likeness (QED) is 0.0718. The smallest absolute Gasteiger partial charge is 0.472 e. The molecule has 0 aliphatic rings. The Labute approximate surface area is 221 Å². The largest absolute Gasteiger partial charge is 0.480 e. The first-order valence-corrected chi connectivity index (χ1v) is 15.0. The van der Waals surface area contributed by atoms with E-state index in [1.807, 2.05) is 5.32 Å². The molecule has 0 aromatic rings. The van der Waals surface area contributed by atoms with Crippen molar-refractivity contribution in [1.29, 1.82) is 0 Å². The highest BCUT2D eigenvalue weighted by Gasteiger charge is 2.28. The summed E-state index contributed by atoms with van der Waals surface area (Å²) in [5.74, 6) is -2.59. The van der Waals surface area contributed by atoms with Crippen molar-refractivity contribution in [1.82, 2.24) is 5.32 Å². The number of rotatable bonds is 25. The molecule has 0 spiro atoms. The first-order valence-electron chi connectivity index (χ1n) is 13.5. The number of aliphatic carboxylic acids is 1. The average molecular weight is 554 g/mol. The Morgan fingerprint density at radius 1 is 0.784 bits per heavy atom. The molecular weight excluding hydrogens is 505 g/mol. The van der Waals surface area contributed by atoms with Crippen LogP contribution in [0.3, 0.4) is 0 Å². The van der Waals surface area contributed by atoms with E-state index in [2.05, 4.69) is 16.0 Å². The van der Waals surface area contributed by atoms with E-state index in [0.29, 0.717) is 6.42 Å². The van der Waals surface area contributed by atoms with Crippen LogP contribution in [0.15, 0.2) is 0 Å². The molecule has 11 nitrogen and oxygen atoms in total. The number of esters is 1. The Bertz CT molecular complexity index is 676. The van der Waals surface area contributed by atoms with Gasteiger partial charge in [-0.2, -0.15) is 0 Å². The lowest BCUT2D eigenvalue weighted by molar-refractivity contribution is -0.147. The predicted molar refractivity (Wildman–Crippen MR) is 139 cm³/mol. The molecule has 0 heterocycles. The summed E-state index contributed by atoms with van der Waals surface area (Å²) in [6, 6.07) is -1.54. The zero-order valence-electron chi connectivity index (χ0n) is 22.5. The molecule has 0 saturated carbocycles. The summed E-state index contributed by atoms with van der Waals surface area (Å²) >= 11 is 0. The van der Waals surface area contributed by atoms with Crippen molar-refractivity contribution >= 4 is 25.7 Å². The second-order valence-electron chi connectivity index (χ2n) is 9.33. The maximum Gasteiger partial charge on any atom is 0.472 e. The second kappa shape index (κ2) is 22.5. The van der Waals surface area contributed by atoms with Crippen LogP contribution >= 0.6 is 7.82 Å². The van der Waals surface area contributed by atoms with Gasteiger partial charge in [-0.25, -0.2) is 9.36 Å². The zero-order valence-corrected chi connectivity index (χ0v) is 23.4. The van der Waals surface area contributed by atoms with E-state index in [1.165, 1.54) is 64.2 Å². The number of nitrogens with one attached hydrogen (secondary N) is 1. The van der Waals surface area contributed by atoms with Crippen LogP contribution in [0.1, 0.15) is 110 Å². The van der Waals surface area contributed by atoms with Crippen molar-refractivity contribution in [2.75, 3.05) is 19.8 Å². The van der Waals surface area contributed by atoms with Gasteiger partial charge in [-0.15, -0.1) is 0 Å². The van der Waals surface area contributed by atoms with Gasteiger partial charge in [0, 0.05) is 13.3 Å². The number of carboxylic acids is 1. The highest BCUT2D eigenvalue weighted by molar-refractivity contribution is 7.47. The highest BCUT2D eigenvalue weighted by Crippen LogP contribution is 2.43. The van der Waals surface area contributed by atoms with Crippen molar-refractivity contribution in [2.45, 2.75) is 122 Å². The SMILES string of the molecule is CCCCCCCCCCCCCCCCC(=O)OCC(O)COP(=O)(O)OCC(NC(C)=O)C(=O)O. The fourth-order valence-corrected chi connectivity index (χ4v) is 4.35. The standard InChI is InChI=1S/C25H48NO10P/c1-3-4-5-6-7-8-9-10-11-12-13-14-15-16-17-24(29)34-18-22(28)19-35-37(32,33)36-20-23(25(30)31)26-21(2)27/h22-23,28H,3-20H2,1-2H3,(H,26,27)(H,30,31)(H,32,33). The maximum absolute atomic E-state index is 11.8. The first-order chi connectivity index (χ1) is 17.6. The van der Waals surface area contributed by atoms with Gasteiger partial charge >= 0.3 is 19.8 Å². The van der Waals surface area contributed by atoms with E-state index < -0.39 is 57.6 Å². The van der Waals surface area contributed by atoms with E-state index in [0.717, 1.165) is 26.2 Å². The monoisotopic (exact) mass is 553 g/mol. The third-order valence-electron chi connectivity index (χ3n) is 5.68. The normalized spacial score (nSPS) is 14.5. The number of carbonyl (C=O) groups excluding carboxylic acids is 2. The van der Waals surface area contributed by atoms with Crippen molar-refractivity contribution < 1.29 is 47.8 Å². The fraction of sp³-hybridized carbons (Fsp3) is 0.880. The van der Waals surface area contributed by atoms with Gasteiger partial charge in [0.25, 0.3) is 0 Å². The van der Waals surface area contributed by atoms with Crippen LogP contribution in [0.2, 0.25) is 0 Å². The lowest BCUT2D eigenvalue weighted by Crippen LogP contribution is -2.42. The van der Waals surface area contributed by atoms with Gasteiger partial charge in [0.2, 0.25) is 5.91 Å². The maximum atomic E-state index is 11.8. The van der Waals surface area contributed by atoms with E-state index in [-0.39, 0.29) is 6.42 Å². The van der Waals surface area contributed by atoms with Gasteiger partial charge in [0.15, 0.2) is 6.04 Å². The van der Waals surface area contributed by atoms with Gasteiger partial charge in [0.1, 0.15) is 12.7 Å². The lowest BCUT2D eigenvalue weighted by Gasteiger charge is -2.18. The fourth-order valence-electron chi connectivity index (χ4n) is 3.58. The van der Waals surface area contributed by atoms with Gasteiger partial charge in [0.05, 0.1) is 13.2 Å². The number of aliphatic hydroxyl groups is 1. The van der Waals surface area contributed by atoms with Crippen molar-refractivity contribution in [2.24, 2.45) is 0 Å². The molecule has 1 amide bonds. The summed E-state index contributed by atoms with van der Waals surface area (Å²) < 4.78 is 25.9. The van der Waals surface area contributed by atoms with Gasteiger partial charge < -0.3 is 25.2 Å². The molecule has 12 heteroatoms.